The van der Waals surface area contributed by atoms with Gasteiger partial charge in [0.2, 0.25) is 6.33 Å². The SMILES string of the molecule is Cc1c(Cl)cccc1NC(=O)c1ccn(Cn2cnc([N+](=O)[O-])n2)n1. The maximum Gasteiger partial charge on any atom is 0.491 e. The molecule has 0 saturated heterocycles. The molecule has 0 aliphatic carbocycles. The van der Waals surface area contributed by atoms with Crippen LogP contribution in [0.1, 0.15) is 16.1 Å². The Balaban J connectivity index is 1.71. The molecule has 0 saturated carbocycles. The van der Waals surface area contributed by atoms with Crippen molar-refractivity contribution in [2.75, 3.05) is 5.32 Å². The molecule has 1 N–H and O–H groups in total. The molecule has 10 nitrogen and oxygen atoms in total. The predicted octanol–water partition coefficient (Wildman–Crippen LogP) is 2.10. The first-order chi connectivity index (χ1) is 11.9. The number of aromatic nitrogens is 5. The molecule has 0 bridgehead atoms. The fraction of sp³-hybridized carbons (Fsp3) is 0.143. The van der Waals surface area contributed by atoms with Crippen molar-refractivity contribution in [2.45, 2.75) is 13.6 Å². The van der Waals surface area contributed by atoms with Crippen molar-refractivity contribution in [1.29, 1.82) is 0 Å². The van der Waals surface area contributed by atoms with E-state index in [-0.39, 0.29) is 12.4 Å². The minimum atomic E-state index is -0.689. The minimum Gasteiger partial charge on any atom is -0.390 e. The zero-order valence-electron chi connectivity index (χ0n) is 13.0. The molecule has 0 aliphatic rings. The summed E-state index contributed by atoms with van der Waals surface area (Å²) in [4.78, 5) is 25.7. The molecule has 3 aromatic rings. The monoisotopic (exact) mass is 361 g/mol. The van der Waals surface area contributed by atoms with Gasteiger partial charge in [-0.15, -0.1) is 0 Å². The third-order valence-corrected chi connectivity index (χ3v) is 3.78. The topological polar surface area (TPSA) is 121 Å². The summed E-state index contributed by atoms with van der Waals surface area (Å²) in [5.74, 6) is -0.893. The number of carbonyl (C=O) groups excluding carboxylic acids is 1. The van der Waals surface area contributed by atoms with Gasteiger partial charge in [0.15, 0.2) is 12.4 Å². The van der Waals surface area contributed by atoms with Gasteiger partial charge in [0.25, 0.3) is 5.91 Å². The number of rotatable bonds is 5. The van der Waals surface area contributed by atoms with Gasteiger partial charge in [0.05, 0.1) is 0 Å². The Morgan fingerprint density at radius 2 is 2.12 bits per heavy atom. The Bertz CT molecular complexity index is 950. The molecule has 0 atom stereocenters. The number of nitro groups is 1. The third-order valence-electron chi connectivity index (χ3n) is 3.37. The van der Waals surface area contributed by atoms with Crippen LogP contribution in [-0.4, -0.2) is 35.4 Å². The second kappa shape index (κ2) is 6.69. The minimum absolute atomic E-state index is 0.0876. The van der Waals surface area contributed by atoms with Crippen LogP contribution in [0.5, 0.6) is 0 Å². The van der Waals surface area contributed by atoms with Crippen molar-refractivity contribution in [3.05, 3.63) is 63.2 Å². The Hall–Kier alpha value is -3.27. The molecule has 11 heteroatoms. The van der Waals surface area contributed by atoms with Gasteiger partial charge in [-0.05, 0) is 35.6 Å². The molecule has 1 aromatic carbocycles. The van der Waals surface area contributed by atoms with Crippen LogP contribution in [-0.2, 0) is 6.67 Å². The van der Waals surface area contributed by atoms with E-state index in [0.29, 0.717) is 10.7 Å². The molecule has 0 unspecified atom stereocenters. The molecule has 25 heavy (non-hydrogen) atoms. The van der Waals surface area contributed by atoms with Crippen LogP contribution < -0.4 is 5.32 Å². The van der Waals surface area contributed by atoms with Crippen molar-refractivity contribution in [1.82, 2.24) is 24.5 Å². The highest BCUT2D eigenvalue weighted by Gasteiger charge is 2.15. The van der Waals surface area contributed by atoms with Crippen LogP contribution >= 0.6 is 11.6 Å². The molecule has 2 heterocycles. The van der Waals surface area contributed by atoms with Gasteiger partial charge in [0.1, 0.15) is 0 Å². The molecule has 0 radical (unpaired) electrons. The normalized spacial score (nSPS) is 10.6. The Kier molecular flexibility index (Phi) is 4.44. The lowest BCUT2D eigenvalue weighted by Gasteiger charge is -2.08. The lowest BCUT2D eigenvalue weighted by molar-refractivity contribution is -0.394. The lowest BCUT2D eigenvalue weighted by Crippen LogP contribution is -2.15. The van der Waals surface area contributed by atoms with E-state index in [2.05, 4.69) is 20.5 Å². The largest absolute Gasteiger partial charge is 0.491 e. The summed E-state index contributed by atoms with van der Waals surface area (Å²) >= 11 is 6.03. The lowest BCUT2D eigenvalue weighted by atomic mass is 10.2. The summed E-state index contributed by atoms with van der Waals surface area (Å²) in [6, 6.07) is 6.74. The Morgan fingerprint density at radius 3 is 2.84 bits per heavy atom. The molecule has 0 fully saturated rings. The zero-order chi connectivity index (χ0) is 18.0. The zero-order valence-corrected chi connectivity index (χ0v) is 13.7. The summed E-state index contributed by atoms with van der Waals surface area (Å²) in [6.45, 7) is 1.89. The van der Waals surface area contributed by atoms with E-state index >= 15 is 0 Å². The third kappa shape index (κ3) is 3.63. The highest BCUT2D eigenvalue weighted by atomic mass is 35.5. The number of anilines is 1. The van der Waals surface area contributed by atoms with E-state index in [1.54, 1.807) is 31.3 Å². The van der Waals surface area contributed by atoms with Crippen LogP contribution in [0.25, 0.3) is 0 Å². The quantitative estimate of drug-likeness (QED) is 0.548. The fourth-order valence-electron chi connectivity index (χ4n) is 2.08. The van der Waals surface area contributed by atoms with Gasteiger partial charge in [0, 0.05) is 22.0 Å². The van der Waals surface area contributed by atoms with Crippen LogP contribution in [0, 0.1) is 17.0 Å². The van der Waals surface area contributed by atoms with Crippen LogP contribution in [0.2, 0.25) is 5.02 Å². The van der Waals surface area contributed by atoms with Crippen LogP contribution in [0.4, 0.5) is 11.6 Å². The smallest absolute Gasteiger partial charge is 0.390 e. The number of nitrogens with one attached hydrogen (secondary N) is 1. The number of benzene rings is 1. The summed E-state index contributed by atoms with van der Waals surface area (Å²) in [5, 5.41) is 21.7. The number of hydrogen-bond donors (Lipinski definition) is 1. The van der Waals surface area contributed by atoms with Gasteiger partial charge in [-0.1, -0.05) is 22.7 Å². The Labute approximate surface area is 146 Å². The summed E-state index contributed by atoms with van der Waals surface area (Å²) in [6.07, 6.45) is 2.78. The van der Waals surface area contributed by atoms with Crippen molar-refractivity contribution < 1.29 is 9.72 Å². The van der Waals surface area contributed by atoms with Crippen molar-refractivity contribution in [3.8, 4) is 0 Å². The highest BCUT2D eigenvalue weighted by molar-refractivity contribution is 6.31. The molecule has 0 spiro atoms. The van der Waals surface area contributed by atoms with Gasteiger partial charge in [-0.25, -0.2) is 4.68 Å². The second-order valence-electron chi connectivity index (χ2n) is 5.09. The standard InChI is InChI=1S/C14H12ClN7O3/c1-9-10(15)3-2-4-11(9)17-13(23)12-5-6-20(18-12)8-21-7-16-14(19-21)22(24)25/h2-7H,8H2,1H3,(H,17,23). The van der Waals surface area contributed by atoms with E-state index in [4.69, 9.17) is 11.6 Å². The van der Waals surface area contributed by atoms with Crippen LogP contribution in [0.15, 0.2) is 36.8 Å². The number of amides is 1. The van der Waals surface area contributed by atoms with Crippen LogP contribution in [0.3, 0.4) is 0 Å². The summed E-state index contributed by atoms with van der Waals surface area (Å²) in [7, 11) is 0. The summed E-state index contributed by atoms with van der Waals surface area (Å²) < 4.78 is 2.66. The second-order valence-corrected chi connectivity index (χ2v) is 5.50. The first kappa shape index (κ1) is 16.6. The van der Waals surface area contributed by atoms with E-state index in [1.807, 2.05) is 0 Å². The van der Waals surface area contributed by atoms with Gasteiger partial charge >= 0.3 is 5.95 Å². The predicted molar refractivity (Wildman–Crippen MR) is 88.4 cm³/mol. The van der Waals surface area contributed by atoms with Gasteiger partial charge in [-0.2, -0.15) is 9.78 Å². The number of hydrogen-bond acceptors (Lipinski definition) is 6. The highest BCUT2D eigenvalue weighted by Crippen LogP contribution is 2.23. The van der Waals surface area contributed by atoms with E-state index < -0.39 is 16.8 Å². The molecule has 1 amide bonds. The average Bonchev–Trinajstić information content (AvgIpc) is 3.22. The molecule has 128 valence electrons. The van der Waals surface area contributed by atoms with Crippen molar-refractivity contribution in [2.24, 2.45) is 0 Å². The Morgan fingerprint density at radius 1 is 1.32 bits per heavy atom. The van der Waals surface area contributed by atoms with E-state index in [0.717, 1.165) is 5.56 Å². The van der Waals surface area contributed by atoms with E-state index in [9.17, 15) is 14.9 Å². The van der Waals surface area contributed by atoms with Gasteiger partial charge < -0.3 is 15.4 Å². The van der Waals surface area contributed by atoms with Crippen molar-refractivity contribution in [3.63, 3.8) is 0 Å². The number of halogens is 1. The molecule has 0 aliphatic heterocycles. The van der Waals surface area contributed by atoms with Gasteiger partial charge in [-0.3, -0.25) is 4.79 Å². The maximum absolute atomic E-state index is 12.3. The van der Waals surface area contributed by atoms with E-state index in [1.165, 1.54) is 21.8 Å². The first-order valence-electron chi connectivity index (χ1n) is 7.08. The molecule has 3 rings (SSSR count). The summed E-state index contributed by atoms with van der Waals surface area (Å²) in [5.41, 5.74) is 1.54. The number of carbonyl (C=O) groups is 1. The van der Waals surface area contributed by atoms with Crippen molar-refractivity contribution >= 4 is 29.1 Å². The average molecular weight is 362 g/mol. The fourth-order valence-corrected chi connectivity index (χ4v) is 2.25. The first-order valence-corrected chi connectivity index (χ1v) is 7.45. The molecular weight excluding hydrogens is 350 g/mol. The molecule has 2 aromatic heterocycles. The maximum atomic E-state index is 12.3. The number of nitrogens with zero attached hydrogens (tertiary/aromatic N) is 6. The molecular formula is C14H12ClN7O3.